The highest BCUT2D eigenvalue weighted by Gasteiger charge is 2.23. The van der Waals surface area contributed by atoms with E-state index in [4.69, 9.17) is 21.4 Å². The van der Waals surface area contributed by atoms with Gasteiger partial charge in [0.05, 0.1) is 0 Å². The molecule has 0 radical (unpaired) electrons. The fourth-order valence-electron chi connectivity index (χ4n) is 1.93. The molecule has 3 nitrogen and oxygen atoms in total. The molecular formula is C12H11ClO3. The number of fused-ring (bicyclic) bond motifs is 1. The van der Waals surface area contributed by atoms with E-state index in [0.29, 0.717) is 23.0 Å². The minimum Gasteiger partial charge on any atom is -0.488 e. The van der Waals surface area contributed by atoms with Gasteiger partial charge < -0.3 is 9.84 Å². The van der Waals surface area contributed by atoms with E-state index in [0.717, 1.165) is 16.7 Å². The van der Waals surface area contributed by atoms with Crippen LogP contribution in [0, 0.1) is 13.8 Å². The molecule has 1 aromatic rings. The van der Waals surface area contributed by atoms with Gasteiger partial charge in [0, 0.05) is 22.2 Å². The molecule has 0 aromatic heterocycles. The molecule has 1 N–H and O–H groups in total. The standard InChI is InChI=1S/C12H11ClO3/c1-6-3-9-11(7(2)12(6)13)8(5-16-9)4-10(14)15/h3-4H,5H2,1-2H3,(H,14,15)/b8-4+. The van der Waals surface area contributed by atoms with Crippen LogP contribution in [0.3, 0.4) is 0 Å². The predicted octanol–water partition coefficient (Wildman–Crippen LogP) is 2.82. The number of benzene rings is 1. The summed E-state index contributed by atoms with van der Waals surface area (Å²) in [6, 6.07) is 1.84. The van der Waals surface area contributed by atoms with Crippen molar-refractivity contribution in [3.63, 3.8) is 0 Å². The molecule has 0 saturated carbocycles. The van der Waals surface area contributed by atoms with Crippen LogP contribution in [0.5, 0.6) is 5.75 Å². The Bertz CT molecular complexity index is 503. The predicted molar refractivity (Wildman–Crippen MR) is 62.0 cm³/mol. The van der Waals surface area contributed by atoms with Crippen molar-refractivity contribution in [3.05, 3.63) is 33.9 Å². The number of hydrogen-bond acceptors (Lipinski definition) is 2. The molecule has 0 bridgehead atoms. The zero-order valence-corrected chi connectivity index (χ0v) is 9.76. The van der Waals surface area contributed by atoms with Crippen molar-refractivity contribution < 1.29 is 14.6 Å². The van der Waals surface area contributed by atoms with E-state index in [-0.39, 0.29) is 0 Å². The Labute approximate surface area is 98.3 Å². The monoisotopic (exact) mass is 238 g/mol. The highest BCUT2D eigenvalue weighted by atomic mass is 35.5. The molecule has 0 atom stereocenters. The number of aryl methyl sites for hydroxylation is 1. The lowest BCUT2D eigenvalue weighted by atomic mass is 9.99. The molecule has 0 fully saturated rings. The Hall–Kier alpha value is -1.48. The lowest BCUT2D eigenvalue weighted by Gasteiger charge is -2.08. The Morgan fingerprint density at radius 2 is 2.25 bits per heavy atom. The SMILES string of the molecule is Cc1cc2c(c(C)c1Cl)/C(=C/C(=O)O)CO2. The van der Waals surface area contributed by atoms with Crippen molar-refractivity contribution in [2.24, 2.45) is 0 Å². The first-order valence-corrected chi connectivity index (χ1v) is 5.25. The number of halogens is 1. The molecule has 84 valence electrons. The van der Waals surface area contributed by atoms with Crippen LogP contribution in [-0.4, -0.2) is 17.7 Å². The Balaban J connectivity index is 2.63. The molecule has 1 aliphatic heterocycles. The van der Waals surface area contributed by atoms with E-state index in [2.05, 4.69) is 0 Å². The molecule has 4 heteroatoms. The quantitative estimate of drug-likeness (QED) is 0.766. The van der Waals surface area contributed by atoms with Crippen LogP contribution in [0.4, 0.5) is 0 Å². The van der Waals surface area contributed by atoms with E-state index < -0.39 is 5.97 Å². The second-order valence-electron chi connectivity index (χ2n) is 3.80. The van der Waals surface area contributed by atoms with Crippen molar-refractivity contribution in [2.45, 2.75) is 13.8 Å². The average molecular weight is 239 g/mol. The Kier molecular flexibility index (Phi) is 2.64. The summed E-state index contributed by atoms with van der Waals surface area (Å²) in [6.07, 6.45) is 1.17. The molecule has 0 amide bonds. The summed E-state index contributed by atoms with van der Waals surface area (Å²) < 4.78 is 5.44. The zero-order chi connectivity index (χ0) is 11.9. The first kappa shape index (κ1) is 11.0. The minimum atomic E-state index is -0.970. The van der Waals surface area contributed by atoms with Gasteiger partial charge >= 0.3 is 5.97 Å². The van der Waals surface area contributed by atoms with E-state index in [1.807, 2.05) is 19.9 Å². The highest BCUT2D eigenvalue weighted by molar-refractivity contribution is 6.32. The largest absolute Gasteiger partial charge is 0.488 e. The number of aliphatic carboxylic acids is 1. The van der Waals surface area contributed by atoms with Crippen LogP contribution in [-0.2, 0) is 4.79 Å². The Morgan fingerprint density at radius 1 is 1.56 bits per heavy atom. The minimum absolute atomic E-state index is 0.294. The number of ether oxygens (including phenoxy) is 1. The summed E-state index contributed by atoms with van der Waals surface area (Å²) in [4.78, 5) is 10.7. The third kappa shape index (κ3) is 1.67. The molecule has 16 heavy (non-hydrogen) atoms. The van der Waals surface area contributed by atoms with Crippen LogP contribution < -0.4 is 4.74 Å². The molecule has 1 heterocycles. The summed E-state index contributed by atoms with van der Waals surface area (Å²) in [5, 5.41) is 9.42. The lowest BCUT2D eigenvalue weighted by molar-refractivity contribution is -0.131. The van der Waals surface area contributed by atoms with Gasteiger partial charge in [-0.3, -0.25) is 0 Å². The van der Waals surface area contributed by atoms with Crippen molar-refractivity contribution in [2.75, 3.05) is 6.61 Å². The normalized spacial score (nSPS) is 16.1. The maximum Gasteiger partial charge on any atom is 0.328 e. The van der Waals surface area contributed by atoms with E-state index in [1.165, 1.54) is 6.08 Å². The van der Waals surface area contributed by atoms with E-state index >= 15 is 0 Å². The molecule has 0 aliphatic carbocycles. The second-order valence-corrected chi connectivity index (χ2v) is 4.18. The van der Waals surface area contributed by atoms with Gasteiger partial charge in [-0.15, -0.1) is 0 Å². The molecule has 0 unspecified atom stereocenters. The second kappa shape index (κ2) is 3.83. The summed E-state index contributed by atoms with van der Waals surface area (Å²) in [5.41, 5.74) is 3.30. The maximum atomic E-state index is 10.7. The van der Waals surface area contributed by atoms with Crippen LogP contribution in [0.1, 0.15) is 16.7 Å². The average Bonchev–Trinajstić information content (AvgIpc) is 2.57. The fraction of sp³-hybridized carbons (Fsp3) is 0.250. The van der Waals surface area contributed by atoms with E-state index in [9.17, 15) is 4.79 Å². The van der Waals surface area contributed by atoms with Crippen LogP contribution >= 0.6 is 11.6 Å². The third-order valence-corrected chi connectivity index (χ3v) is 3.23. The molecule has 2 rings (SSSR count). The first-order chi connectivity index (χ1) is 7.50. The van der Waals surface area contributed by atoms with Gasteiger partial charge in [-0.05, 0) is 31.0 Å². The smallest absolute Gasteiger partial charge is 0.328 e. The summed E-state index contributed by atoms with van der Waals surface area (Å²) in [7, 11) is 0. The van der Waals surface area contributed by atoms with Gasteiger partial charge in [0.2, 0.25) is 0 Å². The fourth-order valence-corrected chi connectivity index (χ4v) is 2.07. The summed E-state index contributed by atoms with van der Waals surface area (Å²) in [5.74, 6) is -0.255. The van der Waals surface area contributed by atoms with Crippen LogP contribution in [0.15, 0.2) is 12.1 Å². The van der Waals surface area contributed by atoms with Gasteiger partial charge in [0.25, 0.3) is 0 Å². The number of rotatable bonds is 1. The third-order valence-electron chi connectivity index (χ3n) is 2.65. The van der Waals surface area contributed by atoms with Gasteiger partial charge in [-0.2, -0.15) is 0 Å². The molecular weight excluding hydrogens is 228 g/mol. The van der Waals surface area contributed by atoms with Gasteiger partial charge in [0.1, 0.15) is 12.4 Å². The van der Waals surface area contributed by atoms with Crippen molar-refractivity contribution in [1.29, 1.82) is 0 Å². The topological polar surface area (TPSA) is 46.5 Å². The zero-order valence-electron chi connectivity index (χ0n) is 9.00. The molecule has 1 aromatic carbocycles. The van der Waals surface area contributed by atoms with Gasteiger partial charge in [0.15, 0.2) is 0 Å². The maximum absolute atomic E-state index is 10.7. The highest BCUT2D eigenvalue weighted by Crippen LogP contribution is 2.40. The molecule has 1 aliphatic rings. The Morgan fingerprint density at radius 3 is 2.88 bits per heavy atom. The number of carboxylic acids is 1. The van der Waals surface area contributed by atoms with Gasteiger partial charge in [-0.25, -0.2) is 4.79 Å². The molecule has 0 spiro atoms. The molecule has 0 saturated heterocycles. The van der Waals surface area contributed by atoms with Crippen LogP contribution in [0.25, 0.3) is 5.57 Å². The van der Waals surface area contributed by atoms with Gasteiger partial charge in [-0.1, -0.05) is 11.6 Å². The number of carbonyl (C=O) groups is 1. The summed E-state index contributed by atoms with van der Waals surface area (Å²) in [6.45, 7) is 4.07. The van der Waals surface area contributed by atoms with E-state index in [1.54, 1.807) is 0 Å². The van der Waals surface area contributed by atoms with Crippen molar-refractivity contribution >= 4 is 23.1 Å². The van der Waals surface area contributed by atoms with Crippen molar-refractivity contribution in [3.8, 4) is 5.75 Å². The van der Waals surface area contributed by atoms with Crippen molar-refractivity contribution in [1.82, 2.24) is 0 Å². The first-order valence-electron chi connectivity index (χ1n) is 4.87. The summed E-state index contributed by atoms with van der Waals surface area (Å²) >= 11 is 6.13. The number of hydrogen-bond donors (Lipinski definition) is 1. The number of carboxylic acid groups (broad SMARTS) is 1. The van der Waals surface area contributed by atoms with Crippen LogP contribution in [0.2, 0.25) is 5.02 Å². The lowest BCUT2D eigenvalue weighted by Crippen LogP contribution is -1.94.